The summed E-state index contributed by atoms with van der Waals surface area (Å²) in [5.41, 5.74) is 5.99. The molecule has 0 fully saturated rings. The fourth-order valence-corrected chi connectivity index (χ4v) is 4.46. The molecule has 0 spiro atoms. The molecule has 3 nitrogen and oxygen atoms in total. The molecule has 1 atom stereocenters. The Morgan fingerprint density at radius 3 is 2.10 bits per heavy atom. The van der Waals surface area contributed by atoms with E-state index in [1.165, 1.54) is 10.5 Å². The Labute approximate surface area is 188 Å². The van der Waals surface area contributed by atoms with Gasteiger partial charge in [0.25, 0.3) is 5.91 Å². The minimum Gasteiger partial charge on any atom is -0.503 e. The number of thioether (sulfide) groups is 1. The Kier molecular flexibility index (Phi) is 6.19. The monoisotopic (exact) mass is 429 g/mol. The van der Waals surface area contributed by atoms with Gasteiger partial charge >= 0.3 is 0 Å². The van der Waals surface area contributed by atoms with Crippen LogP contribution in [0.3, 0.4) is 0 Å². The van der Waals surface area contributed by atoms with Gasteiger partial charge < -0.3 is 10.0 Å². The second kappa shape index (κ2) is 9.03. The van der Waals surface area contributed by atoms with Crippen molar-refractivity contribution in [3.63, 3.8) is 0 Å². The maximum absolute atomic E-state index is 13.2. The number of nitrogens with zero attached hydrogens (tertiary/aromatic N) is 1. The average molecular weight is 430 g/mol. The molecule has 1 aliphatic heterocycles. The highest BCUT2D eigenvalue weighted by molar-refractivity contribution is 7.98. The van der Waals surface area contributed by atoms with Crippen LogP contribution < -0.4 is 0 Å². The van der Waals surface area contributed by atoms with Crippen molar-refractivity contribution in [3.8, 4) is 0 Å². The van der Waals surface area contributed by atoms with Gasteiger partial charge in [0.1, 0.15) is 0 Å². The number of carbonyl (C=O) groups excluding carboxylic acids is 1. The fourth-order valence-electron chi connectivity index (χ4n) is 4.05. The molecule has 31 heavy (non-hydrogen) atoms. The largest absolute Gasteiger partial charge is 0.503 e. The van der Waals surface area contributed by atoms with E-state index in [0.29, 0.717) is 12.1 Å². The van der Waals surface area contributed by atoms with Crippen LogP contribution in [0.25, 0.3) is 5.57 Å². The lowest BCUT2D eigenvalue weighted by atomic mass is 9.92. The van der Waals surface area contributed by atoms with Crippen molar-refractivity contribution < 1.29 is 9.90 Å². The lowest BCUT2D eigenvalue weighted by Crippen LogP contribution is -2.29. The Bertz CT molecular complexity index is 1100. The Morgan fingerprint density at radius 1 is 0.903 bits per heavy atom. The van der Waals surface area contributed by atoms with E-state index in [9.17, 15) is 9.90 Å². The number of hydrogen-bond donors (Lipinski definition) is 1. The van der Waals surface area contributed by atoms with Gasteiger partial charge in [-0.25, -0.2) is 0 Å². The van der Waals surface area contributed by atoms with E-state index in [1.807, 2.05) is 37.4 Å². The minimum absolute atomic E-state index is 0.158. The van der Waals surface area contributed by atoms with E-state index < -0.39 is 0 Å². The maximum Gasteiger partial charge on any atom is 0.290 e. The van der Waals surface area contributed by atoms with Gasteiger partial charge in [0, 0.05) is 17.0 Å². The second-order valence-corrected chi connectivity index (χ2v) is 8.79. The normalized spacial score (nSPS) is 16.3. The van der Waals surface area contributed by atoms with Gasteiger partial charge in [-0.05, 0) is 54.0 Å². The third-order valence-corrected chi connectivity index (χ3v) is 6.63. The molecule has 0 saturated carbocycles. The van der Waals surface area contributed by atoms with E-state index in [1.54, 1.807) is 16.7 Å². The molecule has 4 heteroatoms. The molecule has 0 unspecified atom stereocenters. The molecule has 3 aromatic rings. The van der Waals surface area contributed by atoms with Gasteiger partial charge in [-0.1, -0.05) is 73.2 Å². The zero-order valence-electron chi connectivity index (χ0n) is 18.1. The fraction of sp³-hybridized carbons (Fsp3) is 0.222. The SMILES string of the molecule is CCc1ccc([C@@H]2C(c3ccc(C)cc3)=C(O)C(=O)N2Cc2ccc(SC)cc2)cc1. The predicted octanol–water partition coefficient (Wildman–Crippen LogP) is 6.33. The first kappa shape index (κ1) is 21.3. The first-order chi connectivity index (χ1) is 15.0. The Hall–Kier alpha value is -2.98. The molecular weight excluding hydrogens is 402 g/mol. The van der Waals surface area contributed by atoms with Gasteiger partial charge in [0.2, 0.25) is 0 Å². The summed E-state index contributed by atoms with van der Waals surface area (Å²) in [6.07, 6.45) is 3.01. The van der Waals surface area contributed by atoms with Crippen LogP contribution in [0, 0.1) is 6.92 Å². The highest BCUT2D eigenvalue weighted by Crippen LogP contribution is 2.43. The smallest absolute Gasteiger partial charge is 0.290 e. The topological polar surface area (TPSA) is 40.5 Å². The number of amides is 1. The summed E-state index contributed by atoms with van der Waals surface area (Å²) < 4.78 is 0. The molecule has 1 heterocycles. The van der Waals surface area contributed by atoms with E-state index >= 15 is 0 Å². The quantitative estimate of drug-likeness (QED) is 0.465. The van der Waals surface area contributed by atoms with Gasteiger partial charge in [0.15, 0.2) is 5.76 Å². The summed E-state index contributed by atoms with van der Waals surface area (Å²) in [4.78, 5) is 16.2. The molecule has 0 saturated heterocycles. The summed E-state index contributed by atoms with van der Waals surface area (Å²) in [5, 5.41) is 10.9. The first-order valence-corrected chi connectivity index (χ1v) is 11.8. The number of carbonyl (C=O) groups is 1. The van der Waals surface area contributed by atoms with Crippen LogP contribution in [-0.4, -0.2) is 22.2 Å². The molecule has 3 aromatic carbocycles. The highest BCUT2D eigenvalue weighted by atomic mass is 32.2. The van der Waals surface area contributed by atoms with Crippen molar-refractivity contribution in [2.45, 2.75) is 37.8 Å². The second-order valence-electron chi connectivity index (χ2n) is 7.91. The number of benzene rings is 3. The van der Waals surface area contributed by atoms with Crippen molar-refractivity contribution in [2.75, 3.05) is 6.26 Å². The van der Waals surface area contributed by atoms with Crippen molar-refractivity contribution in [1.29, 1.82) is 0 Å². The van der Waals surface area contributed by atoms with Crippen molar-refractivity contribution in [2.24, 2.45) is 0 Å². The van der Waals surface area contributed by atoms with Crippen LogP contribution in [0.5, 0.6) is 0 Å². The summed E-state index contributed by atoms with van der Waals surface area (Å²) in [7, 11) is 0. The number of aliphatic hydroxyl groups is 1. The highest BCUT2D eigenvalue weighted by Gasteiger charge is 2.40. The molecule has 4 rings (SSSR count). The van der Waals surface area contributed by atoms with Crippen LogP contribution in [0.1, 0.15) is 40.8 Å². The van der Waals surface area contributed by atoms with Gasteiger partial charge in [-0.3, -0.25) is 4.79 Å². The van der Waals surface area contributed by atoms with Crippen LogP contribution in [0.15, 0.2) is 83.5 Å². The van der Waals surface area contributed by atoms with Crippen molar-refractivity contribution in [3.05, 3.63) is 106 Å². The van der Waals surface area contributed by atoms with Crippen LogP contribution in [0.4, 0.5) is 0 Å². The third-order valence-electron chi connectivity index (χ3n) is 5.88. The van der Waals surface area contributed by atoms with Gasteiger partial charge in [-0.15, -0.1) is 11.8 Å². The third kappa shape index (κ3) is 4.26. The molecule has 0 aliphatic carbocycles. The van der Waals surface area contributed by atoms with Crippen LogP contribution in [-0.2, 0) is 17.8 Å². The molecule has 0 radical (unpaired) electrons. The van der Waals surface area contributed by atoms with Crippen molar-refractivity contribution >= 4 is 23.2 Å². The molecule has 1 N–H and O–H groups in total. The zero-order valence-corrected chi connectivity index (χ0v) is 18.9. The Morgan fingerprint density at radius 2 is 1.52 bits per heavy atom. The van der Waals surface area contributed by atoms with Crippen molar-refractivity contribution in [1.82, 2.24) is 4.90 Å². The minimum atomic E-state index is -0.332. The van der Waals surface area contributed by atoms with E-state index in [-0.39, 0.29) is 17.7 Å². The first-order valence-electron chi connectivity index (χ1n) is 10.5. The standard InChI is InChI=1S/C27H27NO2S/c1-4-19-7-13-22(14-8-19)25-24(21-11-5-18(2)6-12-21)26(29)27(30)28(25)17-20-9-15-23(31-3)16-10-20/h5-16,25,29H,4,17H2,1-3H3/t25-/m1/s1. The summed E-state index contributed by atoms with van der Waals surface area (Å²) >= 11 is 1.69. The van der Waals surface area contributed by atoms with Gasteiger partial charge in [-0.2, -0.15) is 0 Å². The van der Waals surface area contributed by atoms with Crippen LogP contribution in [0.2, 0.25) is 0 Å². The van der Waals surface area contributed by atoms with E-state index in [4.69, 9.17) is 0 Å². The Balaban J connectivity index is 1.77. The lowest BCUT2D eigenvalue weighted by Gasteiger charge is -2.28. The number of aliphatic hydroxyl groups excluding tert-OH is 1. The van der Waals surface area contributed by atoms with Gasteiger partial charge in [0.05, 0.1) is 6.04 Å². The summed E-state index contributed by atoms with van der Waals surface area (Å²) in [5.74, 6) is -0.483. The molecule has 0 aromatic heterocycles. The molecule has 1 aliphatic rings. The molecule has 158 valence electrons. The molecular formula is C27H27NO2S. The summed E-state index contributed by atoms with van der Waals surface area (Å²) in [6.45, 7) is 4.60. The molecule has 1 amide bonds. The lowest BCUT2D eigenvalue weighted by molar-refractivity contribution is -0.130. The predicted molar refractivity (Wildman–Crippen MR) is 128 cm³/mol. The number of rotatable bonds is 6. The maximum atomic E-state index is 13.2. The summed E-state index contributed by atoms with van der Waals surface area (Å²) in [6, 6.07) is 24.3. The number of hydrogen-bond acceptors (Lipinski definition) is 3. The number of aryl methyl sites for hydroxylation is 2. The zero-order chi connectivity index (χ0) is 22.0. The molecule has 0 bridgehead atoms. The van der Waals surface area contributed by atoms with Crippen LogP contribution >= 0.6 is 11.8 Å². The van der Waals surface area contributed by atoms with E-state index in [2.05, 4.69) is 55.5 Å². The average Bonchev–Trinajstić information content (AvgIpc) is 3.05. The van der Waals surface area contributed by atoms with E-state index in [0.717, 1.165) is 28.7 Å².